The number of benzene rings is 1. The Labute approximate surface area is 119 Å². The molecule has 0 amide bonds. The first-order valence-corrected chi connectivity index (χ1v) is 6.60. The van der Waals surface area contributed by atoms with Crippen LogP contribution in [0.2, 0.25) is 0 Å². The maximum absolute atomic E-state index is 11.7. The summed E-state index contributed by atoms with van der Waals surface area (Å²) < 4.78 is 5.56. The third-order valence-electron chi connectivity index (χ3n) is 2.55. The number of carbonyl (C=O) groups excluding carboxylic acids is 1. The molecule has 2 aromatic rings. The molecule has 0 radical (unpaired) electrons. The minimum Gasteiger partial charge on any atom is -0.462 e. The van der Waals surface area contributed by atoms with Crippen molar-refractivity contribution in [2.75, 3.05) is 12.3 Å². The lowest BCUT2D eigenvalue weighted by Crippen LogP contribution is -2.04. The zero-order valence-electron chi connectivity index (χ0n) is 10.4. The van der Waals surface area contributed by atoms with Crippen molar-refractivity contribution in [3.63, 3.8) is 0 Å². The zero-order valence-corrected chi connectivity index (χ0v) is 12.0. The highest BCUT2D eigenvalue weighted by atomic mass is 79.9. The van der Waals surface area contributed by atoms with Gasteiger partial charge in [-0.15, -0.1) is 0 Å². The van der Waals surface area contributed by atoms with Crippen LogP contribution in [0.1, 0.15) is 17.3 Å². The Morgan fingerprint density at radius 3 is 2.84 bits per heavy atom. The fourth-order valence-electron chi connectivity index (χ4n) is 1.63. The summed E-state index contributed by atoms with van der Waals surface area (Å²) in [5.74, 6) is -0.334. The number of ether oxygens (including phenoxy) is 1. The van der Waals surface area contributed by atoms with Gasteiger partial charge >= 0.3 is 5.97 Å². The molecule has 0 unspecified atom stereocenters. The van der Waals surface area contributed by atoms with E-state index in [1.807, 2.05) is 12.1 Å². The van der Waals surface area contributed by atoms with Crippen LogP contribution in [0.5, 0.6) is 0 Å². The average molecular weight is 321 g/mol. The summed E-state index contributed by atoms with van der Waals surface area (Å²) in [5.41, 5.74) is 8.37. The van der Waals surface area contributed by atoms with E-state index < -0.39 is 0 Å². The summed E-state index contributed by atoms with van der Waals surface area (Å²) in [6, 6.07) is 10.7. The molecule has 2 N–H and O–H groups in total. The second kappa shape index (κ2) is 5.84. The van der Waals surface area contributed by atoms with Crippen molar-refractivity contribution in [3.8, 4) is 11.3 Å². The van der Waals surface area contributed by atoms with Crippen molar-refractivity contribution in [2.45, 2.75) is 6.92 Å². The zero-order chi connectivity index (χ0) is 13.8. The lowest BCUT2D eigenvalue weighted by Gasteiger charge is -2.06. The van der Waals surface area contributed by atoms with E-state index in [1.165, 1.54) is 0 Å². The van der Waals surface area contributed by atoms with Crippen molar-refractivity contribution >= 4 is 27.6 Å². The second-order valence-corrected chi connectivity index (χ2v) is 4.63. The molecule has 0 bridgehead atoms. The van der Waals surface area contributed by atoms with Crippen molar-refractivity contribution in [1.82, 2.24) is 4.98 Å². The number of aromatic nitrogens is 1. The van der Waals surface area contributed by atoms with Gasteiger partial charge in [0.25, 0.3) is 0 Å². The van der Waals surface area contributed by atoms with Gasteiger partial charge < -0.3 is 10.5 Å². The van der Waals surface area contributed by atoms with Gasteiger partial charge in [0.1, 0.15) is 4.60 Å². The van der Waals surface area contributed by atoms with Crippen LogP contribution in [0.15, 0.2) is 41.0 Å². The standard InChI is InChI=1S/C14H13BrN2O2/c1-2-19-14(18)10-5-3-4-9(8-10)12-7-6-11(16)13(15)17-12/h3-8H,2,16H2,1H3. The number of halogens is 1. The maximum Gasteiger partial charge on any atom is 0.338 e. The van der Waals surface area contributed by atoms with Crippen LogP contribution in [-0.2, 0) is 4.74 Å². The Hall–Kier alpha value is -1.88. The number of nitrogens with two attached hydrogens (primary N) is 1. The lowest BCUT2D eigenvalue weighted by molar-refractivity contribution is 0.0526. The topological polar surface area (TPSA) is 65.2 Å². The molecule has 1 aromatic carbocycles. The molecule has 1 heterocycles. The summed E-state index contributed by atoms with van der Waals surface area (Å²) in [5, 5.41) is 0. The van der Waals surface area contributed by atoms with Crippen LogP contribution in [0.4, 0.5) is 5.69 Å². The minimum absolute atomic E-state index is 0.334. The Bertz CT molecular complexity index is 614. The van der Waals surface area contributed by atoms with Crippen molar-refractivity contribution < 1.29 is 9.53 Å². The third kappa shape index (κ3) is 3.12. The summed E-state index contributed by atoms with van der Waals surface area (Å²) in [4.78, 5) is 16.0. The second-order valence-electron chi connectivity index (χ2n) is 3.88. The predicted molar refractivity (Wildman–Crippen MR) is 77.7 cm³/mol. The van der Waals surface area contributed by atoms with Gasteiger partial charge in [0, 0.05) is 5.56 Å². The van der Waals surface area contributed by atoms with Gasteiger partial charge in [-0.1, -0.05) is 12.1 Å². The van der Waals surface area contributed by atoms with E-state index in [1.54, 1.807) is 31.2 Å². The minimum atomic E-state index is -0.334. The third-order valence-corrected chi connectivity index (χ3v) is 3.18. The van der Waals surface area contributed by atoms with Crippen LogP contribution in [0.25, 0.3) is 11.3 Å². The van der Waals surface area contributed by atoms with Gasteiger partial charge in [-0.3, -0.25) is 0 Å². The number of hydrogen-bond acceptors (Lipinski definition) is 4. The van der Waals surface area contributed by atoms with E-state index in [9.17, 15) is 4.79 Å². The van der Waals surface area contributed by atoms with Crippen LogP contribution >= 0.6 is 15.9 Å². The number of esters is 1. The molecule has 0 fully saturated rings. The monoisotopic (exact) mass is 320 g/mol. The van der Waals surface area contributed by atoms with Crippen molar-refractivity contribution in [1.29, 1.82) is 0 Å². The molecule has 4 nitrogen and oxygen atoms in total. The smallest absolute Gasteiger partial charge is 0.338 e. The molecule has 19 heavy (non-hydrogen) atoms. The van der Waals surface area contributed by atoms with Gasteiger partial charge in [0.15, 0.2) is 0 Å². The summed E-state index contributed by atoms with van der Waals surface area (Å²) in [7, 11) is 0. The van der Waals surface area contributed by atoms with E-state index in [4.69, 9.17) is 10.5 Å². The van der Waals surface area contributed by atoms with Gasteiger partial charge in [-0.05, 0) is 47.1 Å². The molecule has 5 heteroatoms. The van der Waals surface area contributed by atoms with Crippen LogP contribution in [-0.4, -0.2) is 17.6 Å². The molecule has 0 aliphatic heterocycles. The molecule has 2 rings (SSSR count). The number of rotatable bonds is 3. The summed E-state index contributed by atoms with van der Waals surface area (Å²) in [6.45, 7) is 2.13. The fraction of sp³-hybridized carbons (Fsp3) is 0.143. The summed E-state index contributed by atoms with van der Waals surface area (Å²) in [6.07, 6.45) is 0. The molecule has 0 saturated heterocycles. The predicted octanol–water partition coefficient (Wildman–Crippen LogP) is 3.27. The first-order valence-electron chi connectivity index (χ1n) is 5.81. The maximum atomic E-state index is 11.7. The SMILES string of the molecule is CCOC(=O)c1cccc(-c2ccc(N)c(Br)n2)c1. The fourth-order valence-corrected chi connectivity index (χ4v) is 1.95. The molecule has 0 aliphatic rings. The number of nitrogens with zero attached hydrogens (tertiary/aromatic N) is 1. The first kappa shape index (κ1) is 13.5. The Kier molecular flexibility index (Phi) is 4.16. The highest BCUT2D eigenvalue weighted by Crippen LogP contribution is 2.24. The summed E-state index contributed by atoms with van der Waals surface area (Å²) >= 11 is 3.29. The molecule has 98 valence electrons. The molecular formula is C14H13BrN2O2. The van der Waals surface area contributed by atoms with E-state index in [0.717, 1.165) is 11.3 Å². The van der Waals surface area contributed by atoms with Gasteiger partial charge in [0.2, 0.25) is 0 Å². The number of anilines is 1. The van der Waals surface area contributed by atoms with Crippen molar-refractivity contribution in [2.24, 2.45) is 0 Å². The van der Waals surface area contributed by atoms with Crippen LogP contribution in [0, 0.1) is 0 Å². The van der Waals surface area contributed by atoms with E-state index in [0.29, 0.717) is 22.5 Å². The van der Waals surface area contributed by atoms with Crippen molar-refractivity contribution in [3.05, 3.63) is 46.6 Å². The van der Waals surface area contributed by atoms with Gasteiger partial charge in [0.05, 0.1) is 23.6 Å². The highest BCUT2D eigenvalue weighted by Gasteiger charge is 2.09. The number of carbonyl (C=O) groups is 1. The molecule has 0 spiro atoms. The quantitative estimate of drug-likeness (QED) is 0.696. The molecular weight excluding hydrogens is 308 g/mol. The van der Waals surface area contributed by atoms with Gasteiger partial charge in [-0.2, -0.15) is 0 Å². The largest absolute Gasteiger partial charge is 0.462 e. The molecule has 0 saturated carbocycles. The molecule has 0 atom stereocenters. The Morgan fingerprint density at radius 1 is 1.37 bits per heavy atom. The van der Waals surface area contributed by atoms with Gasteiger partial charge in [-0.25, -0.2) is 9.78 Å². The van der Waals surface area contributed by atoms with Crippen LogP contribution < -0.4 is 5.73 Å². The normalized spacial score (nSPS) is 10.2. The van der Waals surface area contributed by atoms with E-state index >= 15 is 0 Å². The molecule has 0 aliphatic carbocycles. The number of nitrogen functional groups attached to an aromatic ring is 1. The lowest BCUT2D eigenvalue weighted by atomic mass is 10.1. The number of pyridine rings is 1. The first-order chi connectivity index (χ1) is 9.11. The average Bonchev–Trinajstić information content (AvgIpc) is 2.42. The number of hydrogen-bond donors (Lipinski definition) is 1. The Balaban J connectivity index is 2.37. The molecule has 1 aromatic heterocycles. The highest BCUT2D eigenvalue weighted by molar-refractivity contribution is 9.10. The van der Waals surface area contributed by atoms with E-state index in [2.05, 4.69) is 20.9 Å². The van der Waals surface area contributed by atoms with Crippen LogP contribution in [0.3, 0.4) is 0 Å². The van der Waals surface area contributed by atoms with E-state index in [-0.39, 0.29) is 5.97 Å². The Morgan fingerprint density at radius 2 is 2.16 bits per heavy atom.